The van der Waals surface area contributed by atoms with Gasteiger partial charge < -0.3 is 18.8 Å². The number of nitrogens with zero attached hydrogens (tertiary/aromatic N) is 2. The van der Waals surface area contributed by atoms with E-state index in [1.165, 1.54) is 13.4 Å². The summed E-state index contributed by atoms with van der Waals surface area (Å²) in [5.74, 6) is -0.346. The van der Waals surface area contributed by atoms with E-state index in [0.717, 1.165) is 0 Å². The fourth-order valence-corrected chi connectivity index (χ4v) is 2.59. The Labute approximate surface area is 143 Å². The van der Waals surface area contributed by atoms with Crippen LogP contribution < -0.4 is 0 Å². The Kier molecular flexibility index (Phi) is 4.65. The number of hydrogen-bond donors (Lipinski definition) is 1. The van der Waals surface area contributed by atoms with Crippen LogP contribution in [-0.4, -0.2) is 33.7 Å². The van der Waals surface area contributed by atoms with Crippen molar-refractivity contribution in [1.29, 1.82) is 0 Å². The van der Waals surface area contributed by atoms with E-state index in [2.05, 4.69) is 9.72 Å². The monoisotopic (exact) mass is 340 g/mol. The van der Waals surface area contributed by atoms with Crippen LogP contribution in [0.15, 0.2) is 59.5 Å². The van der Waals surface area contributed by atoms with E-state index in [-0.39, 0.29) is 6.42 Å². The minimum Gasteiger partial charge on any atom is -0.480 e. The molecule has 25 heavy (non-hydrogen) atoms. The maximum atomic E-state index is 11.7. The lowest BCUT2D eigenvalue weighted by atomic mass is 10.1. The fourth-order valence-electron chi connectivity index (χ4n) is 2.59. The predicted octanol–water partition coefficient (Wildman–Crippen LogP) is 2.80. The van der Waals surface area contributed by atoms with Gasteiger partial charge in [-0.15, -0.1) is 0 Å². The van der Waals surface area contributed by atoms with Gasteiger partial charge >= 0.3 is 11.9 Å². The molecule has 0 saturated carbocycles. The van der Waals surface area contributed by atoms with Crippen molar-refractivity contribution in [2.24, 2.45) is 0 Å². The molecule has 3 rings (SSSR count). The molecule has 0 fully saturated rings. The first-order chi connectivity index (χ1) is 12.1. The second-order valence-electron chi connectivity index (χ2n) is 5.36. The normalized spacial score (nSPS) is 11.9. The third-order valence-corrected chi connectivity index (χ3v) is 3.83. The first-order valence-electron chi connectivity index (χ1n) is 7.57. The lowest BCUT2D eigenvalue weighted by Crippen LogP contribution is -2.21. The molecule has 0 spiro atoms. The highest BCUT2D eigenvalue weighted by Crippen LogP contribution is 2.24. The van der Waals surface area contributed by atoms with Crippen LogP contribution >= 0.6 is 0 Å². The molecule has 1 atom stereocenters. The molecule has 1 unspecified atom stereocenters. The Hall–Kier alpha value is -3.35. The van der Waals surface area contributed by atoms with Crippen LogP contribution in [0.2, 0.25) is 0 Å². The van der Waals surface area contributed by atoms with Gasteiger partial charge in [0.25, 0.3) is 0 Å². The smallest absolute Gasteiger partial charge is 0.337 e. The maximum Gasteiger partial charge on any atom is 0.337 e. The number of carboxylic acids is 1. The van der Waals surface area contributed by atoms with Crippen LogP contribution in [0.5, 0.6) is 0 Å². The SMILES string of the molecule is COC(=O)c1ccc(-c2nccn2C(Cc2ccco2)C(=O)O)cc1. The van der Waals surface area contributed by atoms with Crippen LogP contribution in [0.3, 0.4) is 0 Å². The molecule has 2 heterocycles. The molecule has 7 heteroatoms. The summed E-state index contributed by atoms with van der Waals surface area (Å²) in [5, 5.41) is 9.61. The van der Waals surface area contributed by atoms with Crippen molar-refractivity contribution < 1.29 is 23.8 Å². The molecule has 0 saturated heterocycles. The molecule has 1 aromatic carbocycles. The van der Waals surface area contributed by atoms with Crippen LogP contribution in [-0.2, 0) is 16.0 Å². The minimum atomic E-state index is -0.984. The Morgan fingerprint density at radius 3 is 2.64 bits per heavy atom. The lowest BCUT2D eigenvalue weighted by molar-refractivity contribution is -0.140. The summed E-state index contributed by atoms with van der Waals surface area (Å²) >= 11 is 0. The van der Waals surface area contributed by atoms with Gasteiger partial charge in [0, 0.05) is 24.4 Å². The number of ether oxygens (including phenoxy) is 1. The first-order valence-corrected chi connectivity index (χ1v) is 7.57. The molecule has 7 nitrogen and oxygen atoms in total. The van der Waals surface area contributed by atoms with Crippen molar-refractivity contribution in [3.05, 3.63) is 66.4 Å². The Morgan fingerprint density at radius 1 is 1.28 bits per heavy atom. The van der Waals surface area contributed by atoms with Gasteiger partial charge in [0.1, 0.15) is 17.6 Å². The number of furan rings is 1. The molecule has 3 aromatic rings. The molecular weight excluding hydrogens is 324 g/mol. The molecule has 1 N–H and O–H groups in total. The van der Waals surface area contributed by atoms with E-state index in [1.54, 1.807) is 53.4 Å². The molecule has 0 aliphatic heterocycles. The van der Waals surface area contributed by atoms with Gasteiger partial charge in [-0.25, -0.2) is 14.6 Å². The van der Waals surface area contributed by atoms with E-state index in [4.69, 9.17) is 4.42 Å². The number of carboxylic acid groups (broad SMARTS) is 1. The quantitative estimate of drug-likeness (QED) is 0.693. The Morgan fingerprint density at radius 2 is 2.04 bits per heavy atom. The van der Waals surface area contributed by atoms with Crippen LogP contribution in [0.25, 0.3) is 11.4 Å². The van der Waals surface area contributed by atoms with Gasteiger partial charge in [0.05, 0.1) is 18.9 Å². The van der Waals surface area contributed by atoms with Crippen molar-refractivity contribution in [3.8, 4) is 11.4 Å². The van der Waals surface area contributed by atoms with Crippen molar-refractivity contribution in [2.75, 3.05) is 7.11 Å². The third-order valence-electron chi connectivity index (χ3n) is 3.83. The number of rotatable bonds is 6. The van der Waals surface area contributed by atoms with Crippen molar-refractivity contribution >= 4 is 11.9 Å². The summed E-state index contributed by atoms with van der Waals surface area (Å²) in [6.07, 6.45) is 4.87. The molecule has 0 bridgehead atoms. The molecule has 0 radical (unpaired) electrons. The summed E-state index contributed by atoms with van der Waals surface area (Å²) in [4.78, 5) is 27.5. The first kappa shape index (κ1) is 16.5. The van der Waals surface area contributed by atoms with Crippen LogP contribution in [0.1, 0.15) is 22.2 Å². The average Bonchev–Trinajstić information content (AvgIpc) is 3.30. The fraction of sp³-hybridized carbons (Fsp3) is 0.167. The zero-order valence-corrected chi connectivity index (χ0v) is 13.5. The highest BCUT2D eigenvalue weighted by Gasteiger charge is 2.24. The maximum absolute atomic E-state index is 11.7. The molecule has 0 amide bonds. The number of esters is 1. The predicted molar refractivity (Wildman–Crippen MR) is 88.1 cm³/mol. The number of hydrogen-bond acceptors (Lipinski definition) is 5. The van der Waals surface area contributed by atoms with E-state index in [0.29, 0.717) is 22.7 Å². The van der Waals surface area contributed by atoms with Crippen LogP contribution in [0.4, 0.5) is 0 Å². The molecule has 2 aromatic heterocycles. The van der Waals surface area contributed by atoms with Crippen molar-refractivity contribution in [2.45, 2.75) is 12.5 Å². The van der Waals surface area contributed by atoms with Gasteiger partial charge in [-0.1, -0.05) is 12.1 Å². The molecule has 0 aliphatic rings. The van der Waals surface area contributed by atoms with Crippen LogP contribution in [0, 0.1) is 0 Å². The Bertz CT molecular complexity index is 865. The Balaban J connectivity index is 1.93. The number of aromatic nitrogens is 2. The highest BCUT2D eigenvalue weighted by molar-refractivity contribution is 5.89. The average molecular weight is 340 g/mol. The molecule has 128 valence electrons. The summed E-state index contributed by atoms with van der Waals surface area (Å²) in [6.45, 7) is 0. The summed E-state index contributed by atoms with van der Waals surface area (Å²) < 4.78 is 11.5. The van der Waals surface area contributed by atoms with Gasteiger partial charge in [-0.05, 0) is 24.3 Å². The largest absolute Gasteiger partial charge is 0.480 e. The highest BCUT2D eigenvalue weighted by atomic mass is 16.5. The minimum absolute atomic E-state index is 0.200. The number of benzene rings is 1. The summed E-state index contributed by atoms with van der Waals surface area (Å²) in [6, 6.07) is 9.23. The second-order valence-corrected chi connectivity index (χ2v) is 5.36. The third kappa shape index (κ3) is 3.45. The van der Waals surface area contributed by atoms with Gasteiger partial charge in [0.2, 0.25) is 0 Å². The van der Waals surface area contributed by atoms with Crippen molar-refractivity contribution in [3.63, 3.8) is 0 Å². The second kappa shape index (κ2) is 7.04. The summed E-state index contributed by atoms with van der Waals surface area (Å²) in [7, 11) is 1.31. The summed E-state index contributed by atoms with van der Waals surface area (Å²) in [5.41, 5.74) is 1.11. The lowest BCUT2D eigenvalue weighted by Gasteiger charge is -2.16. The number of methoxy groups -OCH3 is 1. The number of imidazole rings is 1. The molecular formula is C18H16N2O5. The van der Waals surface area contributed by atoms with E-state index in [9.17, 15) is 14.7 Å². The van der Waals surface area contributed by atoms with Gasteiger partial charge in [-0.3, -0.25) is 0 Å². The van der Waals surface area contributed by atoms with Gasteiger partial charge in [0.15, 0.2) is 0 Å². The molecule has 0 aliphatic carbocycles. The van der Waals surface area contributed by atoms with Crippen molar-refractivity contribution in [1.82, 2.24) is 9.55 Å². The zero-order valence-electron chi connectivity index (χ0n) is 13.5. The standard InChI is InChI=1S/C18H16N2O5/c1-24-18(23)13-6-4-12(5-7-13)16-19-8-9-20(16)15(17(21)22)11-14-3-2-10-25-14/h2-10,15H,11H2,1H3,(H,21,22). The van der Waals surface area contributed by atoms with Gasteiger partial charge in [-0.2, -0.15) is 0 Å². The number of carbonyl (C=O) groups excluding carboxylic acids is 1. The number of aliphatic carboxylic acids is 1. The van der Waals surface area contributed by atoms with E-state index < -0.39 is 18.0 Å². The topological polar surface area (TPSA) is 94.6 Å². The number of carbonyl (C=O) groups is 2. The van der Waals surface area contributed by atoms with E-state index >= 15 is 0 Å². The zero-order chi connectivity index (χ0) is 17.8. The van der Waals surface area contributed by atoms with E-state index in [1.807, 2.05) is 0 Å².